The fourth-order valence-electron chi connectivity index (χ4n) is 4.81. The minimum Gasteiger partial charge on any atom is -0.455 e. The zero-order valence-electron chi connectivity index (χ0n) is 22.8. The first-order chi connectivity index (χ1) is 19.1. The van der Waals surface area contributed by atoms with Crippen LogP contribution in [0.25, 0.3) is 5.52 Å². The van der Waals surface area contributed by atoms with Crippen LogP contribution in [0.15, 0.2) is 18.5 Å². The average Bonchev–Trinajstić information content (AvgIpc) is 3.49. The van der Waals surface area contributed by atoms with Gasteiger partial charge in [0.15, 0.2) is 11.9 Å². The summed E-state index contributed by atoms with van der Waals surface area (Å²) in [6.45, 7) is 6.21. The highest BCUT2D eigenvalue weighted by Gasteiger charge is 2.65. The summed E-state index contributed by atoms with van der Waals surface area (Å²) in [5, 5.41) is 14.6. The Labute approximate surface area is 231 Å². The van der Waals surface area contributed by atoms with Crippen molar-refractivity contribution in [3.05, 3.63) is 24.2 Å². The molecule has 0 saturated carbocycles. The molecule has 5 atom stereocenters. The zero-order chi connectivity index (χ0) is 29.1. The number of carbonyl (C=O) groups excluding carboxylic acids is 2. The fraction of sp³-hybridized carbons (Fsp3) is 0.640. The quantitative estimate of drug-likeness (QED) is 0.232. The molecule has 4 heterocycles. The molecule has 2 aromatic rings. The van der Waals surface area contributed by atoms with Gasteiger partial charge in [-0.1, -0.05) is 40.5 Å². The summed E-state index contributed by atoms with van der Waals surface area (Å²) in [5.41, 5.74) is 4.62. The van der Waals surface area contributed by atoms with Gasteiger partial charge in [-0.3, -0.25) is 18.6 Å². The Morgan fingerprint density at radius 1 is 1.27 bits per heavy atom. The molecule has 2 aromatic heterocycles. The van der Waals surface area contributed by atoms with E-state index in [2.05, 4.69) is 16.2 Å². The summed E-state index contributed by atoms with van der Waals surface area (Å²) in [6.07, 6.45) is 0.542. The predicted molar refractivity (Wildman–Crippen MR) is 138 cm³/mol. The lowest BCUT2D eigenvalue weighted by Crippen LogP contribution is -2.46. The molecule has 2 fully saturated rings. The van der Waals surface area contributed by atoms with Gasteiger partial charge < -0.3 is 19.9 Å². The van der Waals surface area contributed by atoms with Crippen molar-refractivity contribution in [2.45, 2.75) is 77.3 Å². The molecule has 0 spiro atoms. The van der Waals surface area contributed by atoms with Gasteiger partial charge in [0.25, 0.3) is 0 Å². The number of esters is 2. The van der Waals surface area contributed by atoms with Crippen molar-refractivity contribution in [3.8, 4) is 6.07 Å². The molecule has 40 heavy (non-hydrogen) atoms. The Morgan fingerprint density at radius 2 is 2.00 bits per heavy atom. The van der Waals surface area contributed by atoms with Gasteiger partial charge in [0.05, 0.1) is 24.1 Å². The first-order valence-corrected chi connectivity index (χ1v) is 14.7. The van der Waals surface area contributed by atoms with Gasteiger partial charge in [-0.2, -0.15) is 10.4 Å². The molecule has 0 bridgehead atoms. The van der Waals surface area contributed by atoms with E-state index in [9.17, 15) is 19.4 Å². The van der Waals surface area contributed by atoms with E-state index in [0.717, 1.165) is 12.8 Å². The standard InChI is InChI=1S/C25H34N5O9P/c1-5-7-16(8-6-2)24(32)34-14-36-40(33)35-11-18-20(39-40)21(37-23(31)15(3)4)25(12-26,38-18)19-10-9-17-22(27)28-13-29-30(17)19/h9-10,13,15-16,18,20-21H,5-8,11,14H2,1-4H3,(H2,27,28,29)/t18-,20-,21-,25+,40?/m1/s1. The second-order valence-corrected chi connectivity index (χ2v) is 11.6. The number of nitrogens with zero attached hydrogens (tertiary/aromatic N) is 4. The maximum atomic E-state index is 13.4. The second kappa shape index (κ2) is 12.2. The molecule has 2 aliphatic rings. The average molecular weight is 580 g/mol. The SMILES string of the molecule is CCCC(CCC)C(=O)OCOP1(=O)OC[C@H]2O[C@@](C#N)(c3ccc4c(N)ncnn34)[C@H](OC(=O)C(C)C)[C@@H]2O1. The van der Waals surface area contributed by atoms with E-state index in [1.165, 1.54) is 10.8 Å². The summed E-state index contributed by atoms with van der Waals surface area (Å²) in [4.78, 5) is 29.2. The van der Waals surface area contributed by atoms with E-state index in [1.807, 2.05) is 13.8 Å². The van der Waals surface area contributed by atoms with E-state index >= 15 is 0 Å². The number of fused-ring (bicyclic) bond motifs is 2. The number of nitrogens with two attached hydrogens (primary N) is 1. The maximum absolute atomic E-state index is 13.4. The third-order valence-electron chi connectivity index (χ3n) is 6.81. The van der Waals surface area contributed by atoms with Crippen LogP contribution in [0.1, 0.15) is 59.1 Å². The van der Waals surface area contributed by atoms with Gasteiger partial charge in [0.1, 0.15) is 30.1 Å². The lowest BCUT2D eigenvalue weighted by molar-refractivity contribution is -0.165. The monoisotopic (exact) mass is 579 g/mol. The molecule has 0 radical (unpaired) electrons. The topological polar surface area (TPSA) is 187 Å². The van der Waals surface area contributed by atoms with E-state index < -0.39 is 56.4 Å². The van der Waals surface area contributed by atoms with Crippen LogP contribution < -0.4 is 5.73 Å². The van der Waals surface area contributed by atoms with Crippen molar-refractivity contribution in [1.82, 2.24) is 14.6 Å². The first-order valence-electron chi connectivity index (χ1n) is 13.2. The predicted octanol–water partition coefficient (Wildman–Crippen LogP) is 3.25. The normalized spacial score (nSPS) is 28.0. The van der Waals surface area contributed by atoms with E-state index in [1.54, 1.807) is 26.0 Å². The van der Waals surface area contributed by atoms with Gasteiger partial charge in [-0.05, 0) is 25.0 Å². The number of aromatic nitrogens is 3. The molecule has 218 valence electrons. The van der Waals surface area contributed by atoms with E-state index in [4.69, 9.17) is 33.5 Å². The highest BCUT2D eigenvalue weighted by atomic mass is 31.2. The number of carbonyl (C=O) groups is 2. The molecule has 0 aromatic carbocycles. The second-order valence-electron chi connectivity index (χ2n) is 9.97. The van der Waals surface area contributed by atoms with Crippen LogP contribution in [0.3, 0.4) is 0 Å². The van der Waals surface area contributed by atoms with Gasteiger partial charge in [-0.15, -0.1) is 0 Å². The number of anilines is 1. The van der Waals surface area contributed by atoms with Crippen LogP contribution in [0.5, 0.6) is 0 Å². The van der Waals surface area contributed by atoms with Gasteiger partial charge in [0, 0.05) is 0 Å². The van der Waals surface area contributed by atoms with Crippen molar-refractivity contribution < 1.29 is 41.9 Å². The lowest BCUT2D eigenvalue weighted by atomic mass is 9.92. The van der Waals surface area contributed by atoms with E-state index in [-0.39, 0.29) is 24.0 Å². The van der Waals surface area contributed by atoms with Crippen LogP contribution in [-0.4, -0.2) is 58.2 Å². The molecule has 2 aliphatic heterocycles. The summed E-state index contributed by atoms with van der Waals surface area (Å²) in [5.74, 6) is -1.80. The number of nitrogen functional groups attached to an aromatic ring is 1. The fourth-order valence-corrected chi connectivity index (χ4v) is 6.06. The minimum atomic E-state index is -4.32. The molecule has 1 unspecified atom stereocenters. The van der Waals surface area contributed by atoms with Crippen LogP contribution >= 0.6 is 7.82 Å². The number of nitriles is 1. The molecule has 0 aliphatic carbocycles. The Bertz CT molecular complexity index is 1320. The number of hydrogen-bond donors (Lipinski definition) is 1. The first kappa shape index (κ1) is 29.9. The maximum Gasteiger partial charge on any atom is 0.478 e. The van der Waals surface area contributed by atoms with Crippen molar-refractivity contribution in [2.75, 3.05) is 19.1 Å². The van der Waals surface area contributed by atoms with Crippen molar-refractivity contribution >= 4 is 31.1 Å². The zero-order valence-corrected chi connectivity index (χ0v) is 23.7. The van der Waals surface area contributed by atoms with E-state index in [0.29, 0.717) is 18.4 Å². The van der Waals surface area contributed by atoms with Crippen LogP contribution in [0, 0.1) is 23.2 Å². The molecule has 15 heteroatoms. The Hall–Kier alpha value is -3.08. The third kappa shape index (κ3) is 5.70. The van der Waals surface area contributed by atoms with Gasteiger partial charge in [-0.25, -0.2) is 18.6 Å². The third-order valence-corrected chi connectivity index (χ3v) is 8.20. The Kier molecular flexibility index (Phi) is 9.12. The molecule has 0 amide bonds. The molecule has 2 saturated heterocycles. The van der Waals surface area contributed by atoms with Gasteiger partial charge in [0.2, 0.25) is 12.4 Å². The van der Waals surface area contributed by atoms with Crippen molar-refractivity contribution in [1.29, 1.82) is 5.26 Å². The Balaban J connectivity index is 1.59. The van der Waals surface area contributed by atoms with Gasteiger partial charge >= 0.3 is 19.8 Å². The van der Waals surface area contributed by atoms with Crippen LogP contribution in [-0.2, 0) is 47.5 Å². The summed E-state index contributed by atoms with van der Waals surface area (Å²) >= 11 is 0. The summed E-state index contributed by atoms with van der Waals surface area (Å²) < 4.78 is 48.2. The summed E-state index contributed by atoms with van der Waals surface area (Å²) in [6, 6.07) is 5.26. The van der Waals surface area contributed by atoms with Crippen LogP contribution in [0.2, 0.25) is 0 Å². The molecule has 4 rings (SSSR count). The number of phosphoric acid groups is 1. The molecule has 14 nitrogen and oxygen atoms in total. The van der Waals surface area contributed by atoms with Crippen molar-refractivity contribution in [2.24, 2.45) is 11.8 Å². The number of hydrogen-bond acceptors (Lipinski definition) is 13. The smallest absolute Gasteiger partial charge is 0.455 e. The molecular formula is C25H34N5O9P. The lowest BCUT2D eigenvalue weighted by Gasteiger charge is -2.32. The highest BCUT2D eigenvalue weighted by molar-refractivity contribution is 7.48. The molecular weight excluding hydrogens is 545 g/mol. The largest absolute Gasteiger partial charge is 0.478 e. The number of phosphoric ester groups is 1. The highest BCUT2D eigenvalue weighted by Crippen LogP contribution is 2.58. The van der Waals surface area contributed by atoms with Crippen LogP contribution in [0.4, 0.5) is 5.82 Å². The Morgan fingerprint density at radius 3 is 2.65 bits per heavy atom. The summed E-state index contributed by atoms with van der Waals surface area (Å²) in [7, 11) is -4.32. The number of rotatable bonds is 11. The molecule has 2 N–H and O–H groups in total. The van der Waals surface area contributed by atoms with Crippen molar-refractivity contribution in [3.63, 3.8) is 0 Å². The number of ether oxygens (including phenoxy) is 3. The minimum absolute atomic E-state index is 0.160.